The predicted octanol–water partition coefficient (Wildman–Crippen LogP) is 1.43. The summed E-state index contributed by atoms with van der Waals surface area (Å²) in [5.74, 6) is -0.509. The number of rotatable bonds is 5. The lowest BCUT2D eigenvalue weighted by Crippen LogP contribution is -2.29. The Morgan fingerprint density at radius 1 is 1.33 bits per heavy atom. The van der Waals surface area contributed by atoms with Crippen LogP contribution in [0.2, 0.25) is 0 Å². The minimum absolute atomic E-state index is 0.186. The van der Waals surface area contributed by atoms with Crippen LogP contribution < -0.4 is 5.32 Å². The Kier molecular flexibility index (Phi) is 3.83. The molecule has 96 valence electrons. The third kappa shape index (κ3) is 3.21. The van der Waals surface area contributed by atoms with E-state index < -0.39 is 21.5 Å². The first-order valence-electron chi connectivity index (χ1n) is 5.13. The van der Waals surface area contributed by atoms with Crippen LogP contribution in [-0.2, 0) is 21.2 Å². The second-order valence-corrected chi connectivity index (χ2v) is 6.71. The molecule has 0 atom stereocenters. The fourth-order valence-electron chi connectivity index (χ4n) is 1.33. The van der Waals surface area contributed by atoms with Gasteiger partial charge in [-0.15, -0.1) is 11.3 Å². The highest BCUT2D eigenvalue weighted by atomic mass is 32.2. The van der Waals surface area contributed by atoms with E-state index in [1.54, 1.807) is 23.6 Å². The molecule has 0 aliphatic rings. The van der Waals surface area contributed by atoms with Crippen LogP contribution in [0, 0.1) is 0 Å². The standard InChI is InChI=1S/C11H11NO4S2/c13-10(12-7-9-3-1-5-16-9)8-18(14,15)11-4-2-6-17-11/h1-6H,7-8H2,(H,12,13). The van der Waals surface area contributed by atoms with Crippen LogP contribution in [0.5, 0.6) is 0 Å². The minimum atomic E-state index is -3.53. The van der Waals surface area contributed by atoms with Crippen molar-refractivity contribution in [1.29, 1.82) is 0 Å². The van der Waals surface area contributed by atoms with E-state index in [0.29, 0.717) is 5.76 Å². The van der Waals surface area contributed by atoms with Crippen molar-refractivity contribution in [2.24, 2.45) is 0 Å². The Labute approximate surface area is 108 Å². The van der Waals surface area contributed by atoms with Crippen LogP contribution >= 0.6 is 11.3 Å². The van der Waals surface area contributed by atoms with Crippen LogP contribution in [0.1, 0.15) is 5.76 Å². The maximum absolute atomic E-state index is 11.8. The molecule has 0 aliphatic carbocycles. The normalized spacial score (nSPS) is 11.3. The molecule has 2 heterocycles. The second-order valence-electron chi connectivity index (χ2n) is 3.55. The lowest BCUT2D eigenvalue weighted by Gasteiger charge is -2.03. The third-order valence-electron chi connectivity index (χ3n) is 2.16. The Hall–Kier alpha value is -1.60. The van der Waals surface area contributed by atoms with Gasteiger partial charge in [-0.2, -0.15) is 0 Å². The van der Waals surface area contributed by atoms with Gasteiger partial charge in [-0.05, 0) is 23.6 Å². The molecule has 18 heavy (non-hydrogen) atoms. The van der Waals surface area contributed by atoms with Gasteiger partial charge in [0.15, 0.2) is 9.84 Å². The van der Waals surface area contributed by atoms with E-state index in [2.05, 4.69) is 5.32 Å². The number of carbonyl (C=O) groups is 1. The first-order chi connectivity index (χ1) is 8.58. The molecule has 0 radical (unpaired) electrons. The average molecular weight is 285 g/mol. The van der Waals surface area contributed by atoms with E-state index in [0.717, 1.165) is 11.3 Å². The Morgan fingerprint density at radius 2 is 2.17 bits per heavy atom. The number of nitrogens with one attached hydrogen (secondary N) is 1. The Balaban J connectivity index is 1.92. The quantitative estimate of drug-likeness (QED) is 0.901. The number of thiophene rings is 1. The zero-order valence-electron chi connectivity index (χ0n) is 9.33. The van der Waals surface area contributed by atoms with Crippen LogP contribution in [0.25, 0.3) is 0 Å². The largest absolute Gasteiger partial charge is 0.467 e. The summed E-state index contributed by atoms with van der Waals surface area (Å²) in [6.07, 6.45) is 1.49. The average Bonchev–Trinajstić information content (AvgIpc) is 2.99. The van der Waals surface area contributed by atoms with Crippen LogP contribution in [0.4, 0.5) is 0 Å². The minimum Gasteiger partial charge on any atom is -0.467 e. The van der Waals surface area contributed by atoms with E-state index in [-0.39, 0.29) is 10.8 Å². The summed E-state index contributed by atoms with van der Waals surface area (Å²) in [7, 11) is -3.53. The van der Waals surface area contributed by atoms with Crippen LogP contribution in [-0.4, -0.2) is 20.1 Å². The number of furan rings is 1. The summed E-state index contributed by atoms with van der Waals surface area (Å²) < 4.78 is 28.8. The number of sulfone groups is 1. The molecular weight excluding hydrogens is 274 g/mol. The molecule has 7 heteroatoms. The van der Waals surface area contributed by atoms with Gasteiger partial charge in [0.25, 0.3) is 0 Å². The highest BCUT2D eigenvalue weighted by molar-refractivity contribution is 7.94. The highest BCUT2D eigenvalue weighted by Gasteiger charge is 2.20. The third-order valence-corrected chi connectivity index (χ3v) is 5.27. The summed E-state index contributed by atoms with van der Waals surface area (Å²) in [4.78, 5) is 11.5. The Bertz CT molecular complexity index is 600. The summed E-state index contributed by atoms with van der Waals surface area (Å²) in [6, 6.07) is 6.52. The van der Waals surface area contributed by atoms with Crippen molar-refractivity contribution >= 4 is 27.1 Å². The topological polar surface area (TPSA) is 76.4 Å². The van der Waals surface area contributed by atoms with Crippen molar-refractivity contribution in [3.05, 3.63) is 41.7 Å². The lowest BCUT2D eigenvalue weighted by molar-refractivity contribution is -0.118. The van der Waals surface area contributed by atoms with E-state index in [1.165, 1.54) is 12.3 Å². The summed E-state index contributed by atoms with van der Waals surface area (Å²) in [6.45, 7) is 0.186. The van der Waals surface area contributed by atoms with Gasteiger partial charge in [0.2, 0.25) is 5.91 Å². The molecule has 2 aromatic rings. The lowest BCUT2D eigenvalue weighted by atomic mass is 10.4. The molecule has 1 N–H and O–H groups in total. The summed E-state index contributed by atoms with van der Waals surface area (Å²) in [5, 5.41) is 4.16. The van der Waals surface area contributed by atoms with Gasteiger partial charge < -0.3 is 9.73 Å². The first-order valence-corrected chi connectivity index (χ1v) is 7.66. The summed E-state index contributed by atoms with van der Waals surface area (Å²) >= 11 is 1.10. The van der Waals surface area contributed by atoms with Gasteiger partial charge >= 0.3 is 0 Å². The van der Waals surface area contributed by atoms with Gasteiger partial charge in [-0.1, -0.05) is 6.07 Å². The van der Waals surface area contributed by atoms with Crippen molar-refractivity contribution in [1.82, 2.24) is 5.32 Å². The predicted molar refractivity (Wildman–Crippen MR) is 66.9 cm³/mol. The molecule has 0 aliphatic heterocycles. The number of hydrogen-bond donors (Lipinski definition) is 1. The molecule has 1 amide bonds. The molecule has 0 unspecified atom stereocenters. The molecule has 2 aromatic heterocycles. The van der Waals surface area contributed by atoms with Crippen molar-refractivity contribution in [2.45, 2.75) is 10.8 Å². The van der Waals surface area contributed by atoms with Gasteiger partial charge in [0.05, 0.1) is 12.8 Å². The van der Waals surface area contributed by atoms with E-state index >= 15 is 0 Å². The zero-order valence-corrected chi connectivity index (χ0v) is 11.0. The summed E-state index contributed by atoms with van der Waals surface area (Å²) in [5.41, 5.74) is 0. The van der Waals surface area contributed by atoms with Crippen LogP contribution in [0.3, 0.4) is 0 Å². The monoisotopic (exact) mass is 285 g/mol. The second kappa shape index (κ2) is 5.36. The molecule has 0 spiro atoms. The molecule has 2 rings (SSSR count). The Morgan fingerprint density at radius 3 is 2.78 bits per heavy atom. The van der Waals surface area contributed by atoms with Gasteiger partial charge in [-0.3, -0.25) is 4.79 Å². The van der Waals surface area contributed by atoms with Crippen molar-refractivity contribution in [3.63, 3.8) is 0 Å². The van der Waals surface area contributed by atoms with E-state index in [1.807, 2.05) is 0 Å². The molecule has 0 aromatic carbocycles. The zero-order chi connectivity index (χ0) is 13.0. The first kappa shape index (κ1) is 12.8. The van der Waals surface area contributed by atoms with E-state index in [4.69, 9.17) is 4.42 Å². The van der Waals surface area contributed by atoms with Gasteiger partial charge in [0.1, 0.15) is 15.7 Å². The van der Waals surface area contributed by atoms with Crippen LogP contribution in [0.15, 0.2) is 44.5 Å². The molecule has 0 fully saturated rings. The number of hydrogen-bond acceptors (Lipinski definition) is 5. The maximum Gasteiger partial charge on any atom is 0.235 e. The fraction of sp³-hybridized carbons (Fsp3) is 0.182. The molecule has 5 nitrogen and oxygen atoms in total. The SMILES string of the molecule is O=C(CS(=O)(=O)c1cccs1)NCc1ccco1. The van der Waals surface area contributed by atoms with Crippen molar-refractivity contribution < 1.29 is 17.6 Å². The molecule has 0 saturated carbocycles. The smallest absolute Gasteiger partial charge is 0.235 e. The van der Waals surface area contributed by atoms with E-state index in [9.17, 15) is 13.2 Å². The highest BCUT2D eigenvalue weighted by Crippen LogP contribution is 2.17. The maximum atomic E-state index is 11.8. The van der Waals surface area contributed by atoms with Gasteiger partial charge in [0, 0.05) is 0 Å². The number of amides is 1. The fourth-order valence-corrected chi connectivity index (χ4v) is 3.59. The molecule has 0 saturated heterocycles. The molecule has 0 bridgehead atoms. The van der Waals surface area contributed by atoms with Crippen molar-refractivity contribution in [2.75, 3.05) is 5.75 Å². The van der Waals surface area contributed by atoms with Gasteiger partial charge in [-0.25, -0.2) is 8.42 Å². The number of carbonyl (C=O) groups excluding carboxylic acids is 1. The van der Waals surface area contributed by atoms with Crippen molar-refractivity contribution in [3.8, 4) is 0 Å². The molecular formula is C11H11NO4S2.